The molecular formula is C20H25F2NO2S. The van der Waals surface area contributed by atoms with Gasteiger partial charge in [0, 0.05) is 11.6 Å². The van der Waals surface area contributed by atoms with Crippen LogP contribution in [-0.4, -0.2) is 8.42 Å². The third-order valence-electron chi connectivity index (χ3n) is 4.63. The van der Waals surface area contributed by atoms with Gasteiger partial charge in [-0.05, 0) is 48.1 Å². The lowest BCUT2D eigenvalue weighted by Gasteiger charge is -2.28. The van der Waals surface area contributed by atoms with E-state index in [0.717, 1.165) is 12.1 Å². The predicted molar refractivity (Wildman–Crippen MR) is 100 cm³/mol. The van der Waals surface area contributed by atoms with E-state index < -0.39 is 21.7 Å². The monoisotopic (exact) mass is 381 g/mol. The van der Waals surface area contributed by atoms with Crippen LogP contribution in [0.5, 0.6) is 0 Å². The summed E-state index contributed by atoms with van der Waals surface area (Å²) in [5.41, 5.74) is 1.32. The van der Waals surface area contributed by atoms with Crippen LogP contribution in [-0.2, 0) is 10.0 Å². The topological polar surface area (TPSA) is 60.2 Å². The Morgan fingerprint density at radius 3 is 1.92 bits per heavy atom. The molecule has 3 nitrogen and oxygen atoms in total. The minimum absolute atomic E-state index is 0.0613. The third-order valence-corrected chi connectivity index (χ3v) is 5.56. The van der Waals surface area contributed by atoms with E-state index in [9.17, 15) is 17.2 Å². The maximum absolute atomic E-state index is 13.5. The number of halogens is 2. The van der Waals surface area contributed by atoms with Crippen LogP contribution in [0.25, 0.3) is 11.1 Å². The van der Waals surface area contributed by atoms with Gasteiger partial charge in [-0.2, -0.15) is 0 Å². The zero-order valence-electron chi connectivity index (χ0n) is 15.1. The standard InChI is InChI=1S/C12H9F2NO2S.C8H16/c13-9-3-6-11(12(14)7-9)8-1-4-10(5-2-8)18(15,16)17;1-8(2)6-4-3-5-7-8/h1-7H,(H2,15,16,17);3-7H2,1-2H3. The molecule has 0 aromatic heterocycles. The van der Waals surface area contributed by atoms with Gasteiger partial charge in [0.25, 0.3) is 0 Å². The van der Waals surface area contributed by atoms with Crippen molar-refractivity contribution in [3.8, 4) is 11.1 Å². The van der Waals surface area contributed by atoms with Gasteiger partial charge >= 0.3 is 0 Å². The maximum Gasteiger partial charge on any atom is 0.238 e. The maximum atomic E-state index is 13.5. The zero-order chi connectivity index (χ0) is 19.4. The van der Waals surface area contributed by atoms with Crippen LogP contribution in [0.4, 0.5) is 8.78 Å². The van der Waals surface area contributed by atoms with Gasteiger partial charge in [0.15, 0.2) is 0 Å². The quantitative estimate of drug-likeness (QED) is 0.772. The summed E-state index contributed by atoms with van der Waals surface area (Å²) in [6.45, 7) is 4.76. The highest BCUT2D eigenvalue weighted by Crippen LogP contribution is 2.34. The van der Waals surface area contributed by atoms with E-state index in [1.165, 1.54) is 62.4 Å². The van der Waals surface area contributed by atoms with Gasteiger partial charge in [-0.3, -0.25) is 0 Å². The highest BCUT2D eigenvalue weighted by atomic mass is 32.2. The second-order valence-electron chi connectivity index (χ2n) is 7.42. The van der Waals surface area contributed by atoms with Crippen molar-refractivity contribution in [2.24, 2.45) is 10.6 Å². The van der Waals surface area contributed by atoms with Crippen LogP contribution in [0.2, 0.25) is 0 Å². The first-order valence-corrected chi connectivity index (χ1v) is 10.2. The SMILES string of the molecule is CC1(C)CCCCC1.NS(=O)(=O)c1ccc(-c2ccc(F)cc2F)cc1. The smallest absolute Gasteiger partial charge is 0.225 e. The fraction of sp³-hybridized carbons (Fsp3) is 0.400. The molecule has 0 saturated heterocycles. The zero-order valence-corrected chi connectivity index (χ0v) is 16.0. The summed E-state index contributed by atoms with van der Waals surface area (Å²) in [6, 6.07) is 8.55. The number of primary sulfonamides is 1. The van der Waals surface area contributed by atoms with Crippen LogP contribution in [0.1, 0.15) is 46.0 Å². The summed E-state index contributed by atoms with van der Waals surface area (Å²) in [5, 5.41) is 4.94. The average molecular weight is 381 g/mol. The first kappa shape index (κ1) is 20.5. The summed E-state index contributed by atoms with van der Waals surface area (Å²) in [5.74, 6) is -1.38. The van der Waals surface area contributed by atoms with Gasteiger partial charge in [0.05, 0.1) is 4.90 Å². The van der Waals surface area contributed by atoms with Gasteiger partial charge in [-0.1, -0.05) is 45.2 Å². The number of nitrogens with two attached hydrogens (primary N) is 1. The predicted octanol–water partition coefficient (Wildman–Crippen LogP) is 5.26. The van der Waals surface area contributed by atoms with E-state index in [4.69, 9.17) is 5.14 Å². The molecule has 2 aromatic carbocycles. The lowest BCUT2D eigenvalue weighted by atomic mass is 9.78. The molecule has 2 N–H and O–H groups in total. The Bertz CT molecular complexity index is 839. The Balaban J connectivity index is 0.000000254. The number of sulfonamides is 1. The molecule has 1 saturated carbocycles. The minimum atomic E-state index is -3.77. The first-order valence-electron chi connectivity index (χ1n) is 8.67. The van der Waals surface area contributed by atoms with Crippen LogP contribution >= 0.6 is 0 Å². The van der Waals surface area contributed by atoms with Gasteiger partial charge in [-0.25, -0.2) is 22.3 Å². The van der Waals surface area contributed by atoms with Crippen molar-refractivity contribution in [3.63, 3.8) is 0 Å². The van der Waals surface area contributed by atoms with E-state index in [1.807, 2.05) is 0 Å². The highest BCUT2D eigenvalue weighted by molar-refractivity contribution is 7.89. The Labute approximate surface area is 154 Å². The fourth-order valence-electron chi connectivity index (χ4n) is 3.06. The lowest BCUT2D eigenvalue weighted by Crippen LogP contribution is -2.14. The van der Waals surface area contributed by atoms with Crippen LogP contribution in [0.15, 0.2) is 47.4 Å². The Morgan fingerprint density at radius 1 is 0.923 bits per heavy atom. The molecule has 0 radical (unpaired) electrons. The van der Waals surface area contributed by atoms with Gasteiger partial charge in [0.1, 0.15) is 11.6 Å². The van der Waals surface area contributed by atoms with Gasteiger partial charge in [-0.15, -0.1) is 0 Å². The molecule has 142 valence electrons. The molecule has 0 unspecified atom stereocenters. The Morgan fingerprint density at radius 2 is 1.50 bits per heavy atom. The first-order chi connectivity index (χ1) is 12.1. The molecule has 3 rings (SSSR count). The highest BCUT2D eigenvalue weighted by Gasteiger charge is 2.19. The second-order valence-corrected chi connectivity index (χ2v) is 8.98. The molecular weight excluding hydrogens is 356 g/mol. The summed E-state index contributed by atoms with van der Waals surface area (Å²) in [6.07, 6.45) is 7.31. The summed E-state index contributed by atoms with van der Waals surface area (Å²) >= 11 is 0. The fourth-order valence-corrected chi connectivity index (χ4v) is 3.57. The van der Waals surface area contributed by atoms with Gasteiger partial charge in [0.2, 0.25) is 10.0 Å². The van der Waals surface area contributed by atoms with Crippen molar-refractivity contribution in [1.82, 2.24) is 0 Å². The normalized spacial score (nSPS) is 16.5. The van der Waals surface area contributed by atoms with Crippen molar-refractivity contribution in [2.45, 2.75) is 50.8 Å². The summed E-state index contributed by atoms with van der Waals surface area (Å²) in [4.78, 5) is -0.0613. The van der Waals surface area contributed by atoms with Crippen molar-refractivity contribution in [3.05, 3.63) is 54.1 Å². The number of hydrogen-bond acceptors (Lipinski definition) is 2. The van der Waals surface area contributed by atoms with E-state index in [-0.39, 0.29) is 10.5 Å². The molecule has 0 amide bonds. The van der Waals surface area contributed by atoms with E-state index >= 15 is 0 Å². The number of benzene rings is 2. The second kappa shape index (κ2) is 8.27. The lowest BCUT2D eigenvalue weighted by molar-refractivity contribution is 0.244. The van der Waals surface area contributed by atoms with Crippen LogP contribution in [0, 0.1) is 17.0 Å². The summed E-state index contributed by atoms with van der Waals surface area (Å²) in [7, 11) is -3.77. The van der Waals surface area contributed by atoms with E-state index in [0.29, 0.717) is 11.0 Å². The van der Waals surface area contributed by atoms with Crippen LogP contribution in [0.3, 0.4) is 0 Å². The van der Waals surface area contributed by atoms with Crippen molar-refractivity contribution >= 4 is 10.0 Å². The number of rotatable bonds is 2. The molecule has 2 aromatic rings. The Hall–Kier alpha value is -1.79. The minimum Gasteiger partial charge on any atom is -0.225 e. The van der Waals surface area contributed by atoms with E-state index in [1.54, 1.807) is 0 Å². The molecule has 26 heavy (non-hydrogen) atoms. The van der Waals surface area contributed by atoms with Gasteiger partial charge < -0.3 is 0 Å². The van der Waals surface area contributed by atoms with Crippen LogP contribution < -0.4 is 5.14 Å². The third kappa shape index (κ3) is 5.88. The molecule has 0 spiro atoms. The molecule has 1 aliphatic carbocycles. The summed E-state index contributed by atoms with van der Waals surface area (Å²) < 4.78 is 48.3. The van der Waals surface area contributed by atoms with E-state index in [2.05, 4.69) is 13.8 Å². The molecule has 0 bridgehead atoms. The average Bonchev–Trinajstić information content (AvgIpc) is 2.54. The largest absolute Gasteiger partial charge is 0.238 e. The Kier molecular flexibility index (Phi) is 6.53. The molecule has 0 atom stereocenters. The van der Waals surface area contributed by atoms with Crippen molar-refractivity contribution in [2.75, 3.05) is 0 Å². The number of hydrogen-bond donors (Lipinski definition) is 1. The molecule has 0 heterocycles. The van der Waals surface area contributed by atoms with Crippen molar-refractivity contribution in [1.29, 1.82) is 0 Å². The molecule has 1 aliphatic rings. The molecule has 0 aliphatic heterocycles. The molecule has 1 fully saturated rings. The molecule has 6 heteroatoms. The van der Waals surface area contributed by atoms with Crippen molar-refractivity contribution < 1.29 is 17.2 Å².